The number of thiophene rings is 1. The fraction of sp³-hybridized carbons (Fsp3) is 0.345. The Bertz CT molecular complexity index is 1370. The number of fused-ring (bicyclic) bond motifs is 1. The van der Waals surface area contributed by atoms with Gasteiger partial charge in [0.25, 0.3) is 11.8 Å². The van der Waals surface area contributed by atoms with Crippen LogP contribution in [0.4, 0.5) is 15.5 Å². The Kier molecular flexibility index (Phi) is 7.79. The Morgan fingerprint density at radius 1 is 1.05 bits per heavy atom. The molecule has 3 aromatic rings. The van der Waals surface area contributed by atoms with Gasteiger partial charge in [0, 0.05) is 29.9 Å². The van der Waals surface area contributed by atoms with Crippen LogP contribution in [0.5, 0.6) is 0 Å². The Balaban J connectivity index is 1.47. The maximum atomic E-state index is 14.2. The van der Waals surface area contributed by atoms with Gasteiger partial charge in [-0.15, -0.1) is 11.3 Å². The van der Waals surface area contributed by atoms with Crippen LogP contribution >= 0.6 is 11.3 Å². The summed E-state index contributed by atoms with van der Waals surface area (Å²) in [5, 5.41) is 9.41. The topological polar surface area (TPSA) is 112 Å². The minimum absolute atomic E-state index is 0.153. The van der Waals surface area contributed by atoms with E-state index in [1.807, 2.05) is 56.3 Å². The number of hydrogen-bond acceptors (Lipinski definition) is 8. The average Bonchev–Trinajstić information content (AvgIpc) is 3.57. The molecule has 2 aliphatic heterocycles. The maximum Gasteiger partial charge on any atom is 0.429 e. The molecule has 0 radical (unpaired) electrons. The molecule has 2 aliphatic rings. The first-order chi connectivity index (χ1) is 19.2. The number of amides is 3. The molecular formula is C29H33N5O5S. The molecule has 0 spiro atoms. The van der Waals surface area contributed by atoms with Gasteiger partial charge in [-0.2, -0.15) is 10.4 Å². The number of hydrogen-bond donors (Lipinski definition) is 3. The molecule has 1 saturated heterocycles. The number of anilines is 2. The normalized spacial score (nSPS) is 18.7. The molecule has 3 amide bonds. The zero-order chi connectivity index (χ0) is 28.3. The number of rotatable bonds is 7. The summed E-state index contributed by atoms with van der Waals surface area (Å²) in [7, 11) is 0. The van der Waals surface area contributed by atoms with Crippen molar-refractivity contribution in [3.8, 4) is 0 Å². The van der Waals surface area contributed by atoms with Crippen LogP contribution in [0.1, 0.15) is 42.3 Å². The molecule has 5 rings (SSSR count). The van der Waals surface area contributed by atoms with Crippen molar-refractivity contribution in [3.63, 3.8) is 0 Å². The van der Waals surface area contributed by atoms with Crippen molar-refractivity contribution in [2.75, 3.05) is 42.8 Å². The average molecular weight is 564 g/mol. The fourth-order valence-corrected chi connectivity index (χ4v) is 5.78. The van der Waals surface area contributed by atoms with Gasteiger partial charge in [-0.25, -0.2) is 4.79 Å². The summed E-state index contributed by atoms with van der Waals surface area (Å²) in [5.41, 5.74) is 3.12. The first kappa shape index (κ1) is 27.6. The van der Waals surface area contributed by atoms with Crippen molar-refractivity contribution in [2.45, 2.75) is 32.0 Å². The third kappa shape index (κ3) is 5.27. The lowest BCUT2D eigenvalue weighted by Gasteiger charge is -2.35. The van der Waals surface area contributed by atoms with Gasteiger partial charge >= 0.3 is 6.09 Å². The molecule has 0 bridgehead atoms. The third-order valence-electron chi connectivity index (χ3n) is 7.05. The van der Waals surface area contributed by atoms with Crippen LogP contribution in [0.2, 0.25) is 0 Å². The molecule has 3 heterocycles. The highest BCUT2D eigenvalue weighted by atomic mass is 32.1. The molecule has 11 heteroatoms. The van der Waals surface area contributed by atoms with Crippen molar-refractivity contribution >= 4 is 39.9 Å². The molecule has 2 aromatic carbocycles. The lowest BCUT2D eigenvalue weighted by molar-refractivity contribution is -0.130. The summed E-state index contributed by atoms with van der Waals surface area (Å²) in [4.78, 5) is 42.9. The summed E-state index contributed by atoms with van der Waals surface area (Å²) >= 11 is 1.26. The predicted molar refractivity (Wildman–Crippen MR) is 153 cm³/mol. The molecule has 3 N–H and O–H groups in total. The van der Waals surface area contributed by atoms with E-state index in [0.717, 1.165) is 24.3 Å². The number of nitrogens with zero attached hydrogens (tertiary/aromatic N) is 2. The van der Waals surface area contributed by atoms with E-state index >= 15 is 0 Å². The van der Waals surface area contributed by atoms with Gasteiger partial charge in [-0.1, -0.05) is 30.3 Å². The molecule has 1 fully saturated rings. The highest BCUT2D eigenvalue weighted by molar-refractivity contribution is 7.14. The SMILES string of the molecule is CCOC(=O)N1NC(NC(=O)c2ccc(N3CCOCC3)cc2)(C(=O)NC(C)(C)c2ccccc2)c2ccsc21. The van der Waals surface area contributed by atoms with Crippen LogP contribution in [-0.4, -0.2) is 50.8 Å². The van der Waals surface area contributed by atoms with Gasteiger partial charge in [0.2, 0.25) is 5.66 Å². The van der Waals surface area contributed by atoms with Crippen molar-refractivity contribution in [2.24, 2.45) is 0 Å². The molecule has 1 aromatic heterocycles. The second-order valence-corrected chi connectivity index (χ2v) is 11.0. The first-order valence-corrected chi connectivity index (χ1v) is 14.1. The number of carbonyl (C=O) groups excluding carboxylic acids is 3. The molecule has 1 atom stereocenters. The van der Waals surface area contributed by atoms with Crippen LogP contribution in [-0.2, 0) is 25.5 Å². The molecule has 210 valence electrons. The third-order valence-corrected chi connectivity index (χ3v) is 7.95. The van der Waals surface area contributed by atoms with Crippen LogP contribution in [0, 0.1) is 0 Å². The number of nitrogens with one attached hydrogen (secondary N) is 3. The predicted octanol–water partition coefficient (Wildman–Crippen LogP) is 3.70. The van der Waals surface area contributed by atoms with E-state index in [1.165, 1.54) is 16.3 Å². The lowest BCUT2D eigenvalue weighted by atomic mass is 9.92. The van der Waals surface area contributed by atoms with E-state index < -0.39 is 29.1 Å². The maximum absolute atomic E-state index is 14.2. The molecule has 1 unspecified atom stereocenters. The van der Waals surface area contributed by atoms with Crippen molar-refractivity contribution < 1.29 is 23.9 Å². The van der Waals surface area contributed by atoms with E-state index in [2.05, 4.69) is 21.0 Å². The molecule has 0 aliphatic carbocycles. The summed E-state index contributed by atoms with van der Waals surface area (Å²) < 4.78 is 10.7. The number of carbonyl (C=O) groups is 3. The van der Waals surface area contributed by atoms with E-state index in [0.29, 0.717) is 29.3 Å². The fourth-order valence-electron chi connectivity index (χ4n) is 4.87. The molecular weight excluding hydrogens is 530 g/mol. The Morgan fingerprint density at radius 3 is 2.42 bits per heavy atom. The van der Waals surface area contributed by atoms with Gasteiger partial charge in [0.1, 0.15) is 5.00 Å². The molecule has 40 heavy (non-hydrogen) atoms. The van der Waals surface area contributed by atoms with Gasteiger partial charge in [-0.05, 0) is 62.0 Å². The van der Waals surface area contributed by atoms with Crippen LogP contribution < -0.4 is 26.0 Å². The van der Waals surface area contributed by atoms with E-state index in [9.17, 15) is 14.4 Å². The standard InChI is InChI=1S/C29H33N5O5S/c1-4-39-27(37)34-25-23(14-19-40-25)29(32-34,26(36)31-28(2,3)21-8-6-5-7-9-21)30-24(35)20-10-12-22(13-11-20)33-15-17-38-18-16-33/h5-14,19,32H,4,15-18H2,1-3H3,(H,30,35)(H,31,36). The van der Waals surface area contributed by atoms with Crippen LogP contribution in [0.25, 0.3) is 0 Å². The summed E-state index contributed by atoms with van der Waals surface area (Å²) in [6.45, 7) is 8.49. The lowest BCUT2D eigenvalue weighted by Crippen LogP contribution is -2.67. The minimum Gasteiger partial charge on any atom is -0.448 e. The van der Waals surface area contributed by atoms with Gasteiger partial charge in [-0.3, -0.25) is 9.59 Å². The van der Waals surface area contributed by atoms with Crippen molar-refractivity contribution in [3.05, 3.63) is 82.7 Å². The summed E-state index contributed by atoms with van der Waals surface area (Å²) in [6.07, 6.45) is -0.674. The van der Waals surface area contributed by atoms with Gasteiger partial charge in [0.05, 0.1) is 25.4 Å². The summed E-state index contributed by atoms with van der Waals surface area (Å²) in [6, 6.07) is 18.5. The smallest absolute Gasteiger partial charge is 0.429 e. The Labute approximate surface area is 237 Å². The van der Waals surface area contributed by atoms with Gasteiger partial charge in [0.15, 0.2) is 0 Å². The highest BCUT2D eigenvalue weighted by Crippen LogP contribution is 2.41. The molecule has 0 saturated carbocycles. The zero-order valence-corrected chi connectivity index (χ0v) is 23.5. The molecule has 10 nitrogen and oxygen atoms in total. The monoisotopic (exact) mass is 563 g/mol. The Hall–Kier alpha value is -3.93. The van der Waals surface area contributed by atoms with E-state index in [1.54, 1.807) is 30.5 Å². The quantitative estimate of drug-likeness (QED) is 0.402. The summed E-state index contributed by atoms with van der Waals surface area (Å²) in [5.74, 6) is -0.998. The number of benzene rings is 2. The van der Waals surface area contributed by atoms with Gasteiger partial charge < -0.3 is 25.0 Å². The van der Waals surface area contributed by atoms with Crippen LogP contribution in [0.15, 0.2) is 66.0 Å². The first-order valence-electron chi connectivity index (χ1n) is 13.2. The van der Waals surface area contributed by atoms with Crippen LogP contribution in [0.3, 0.4) is 0 Å². The van der Waals surface area contributed by atoms with E-state index in [-0.39, 0.29) is 6.61 Å². The second kappa shape index (κ2) is 11.3. The highest BCUT2D eigenvalue weighted by Gasteiger charge is 2.54. The number of ether oxygens (including phenoxy) is 2. The second-order valence-electron chi connectivity index (χ2n) is 10.1. The Morgan fingerprint density at radius 2 is 1.75 bits per heavy atom. The van der Waals surface area contributed by atoms with E-state index in [4.69, 9.17) is 9.47 Å². The van der Waals surface area contributed by atoms with Crippen molar-refractivity contribution in [1.82, 2.24) is 16.1 Å². The zero-order valence-electron chi connectivity index (χ0n) is 22.7. The minimum atomic E-state index is -1.77. The van der Waals surface area contributed by atoms with Crippen molar-refractivity contribution in [1.29, 1.82) is 0 Å². The number of hydrazine groups is 1. The largest absolute Gasteiger partial charge is 0.448 e. The number of morpholine rings is 1.